The third-order valence-corrected chi connectivity index (χ3v) is 5.27. The van der Waals surface area contributed by atoms with Crippen LogP contribution in [0.3, 0.4) is 0 Å². The second kappa shape index (κ2) is 6.93. The van der Waals surface area contributed by atoms with Gasteiger partial charge in [-0.15, -0.1) is 0 Å². The van der Waals surface area contributed by atoms with Gasteiger partial charge in [0.15, 0.2) is 5.16 Å². The minimum atomic E-state index is -0.917. The van der Waals surface area contributed by atoms with Crippen LogP contribution in [0.25, 0.3) is 27.8 Å². The molecule has 3 aromatic carbocycles. The summed E-state index contributed by atoms with van der Waals surface area (Å²) in [7, 11) is 0. The molecule has 4 aromatic rings. The van der Waals surface area contributed by atoms with Crippen molar-refractivity contribution in [1.29, 1.82) is 0 Å². The first kappa shape index (κ1) is 17.4. The Morgan fingerprint density at radius 3 is 2.48 bits per heavy atom. The number of carbonyl (C=O) groups is 1. The molecule has 1 N–H and O–H groups in total. The van der Waals surface area contributed by atoms with Gasteiger partial charge < -0.3 is 5.11 Å². The summed E-state index contributed by atoms with van der Waals surface area (Å²) in [5.74, 6) is -0.917. The third kappa shape index (κ3) is 3.00. The topological polar surface area (TPSA) is 55.1 Å². The molecular weight excluding hydrogens is 356 g/mol. The van der Waals surface area contributed by atoms with Crippen LogP contribution in [0.1, 0.15) is 15.9 Å². The lowest BCUT2D eigenvalue weighted by Gasteiger charge is -2.13. The number of carboxylic acids is 1. The van der Waals surface area contributed by atoms with Crippen molar-refractivity contribution in [2.45, 2.75) is 12.1 Å². The van der Waals surface area contributed by atoms with Crippen LogP contribution in [-0.2, 0) is 0 Å². The molecule has 4 nitrogen and oxygen atoms in total. The van der Waals surface area contributed by atoms with Gasteiger partial charge in [0.05, 0.1) is 16.6 Å². The Hall–Kier alpha value is -3.05. The average Bonchev–Trinajstić information content (AvgIpc) is 3.06. The molecule has 5 heteroatoms. The van der Waals surface area contributed by atoms with Gasteiger partial charge in [-0.3, -0.25) is 4.57 Å². The summed E-state index contributed by atoms with van der Waals surface area (Å²) in [6.07, 6.45) is 2.02. The van der Waals surface area contributed by atoms with E-state index in [0.717, 1.165) is 38.6 Å². The number of aromatic nitrogens is 2. The van der Waals surface area contributed by atoms with Crippen molar-refractivity contribution >= 4 is 28.8 Å². The SMILES string of the molecule is CSc1nc2ccccc2n1-c1ccc(-c2ccccc2C(=O)O)c(C)c1. The van der Waals surface area contributed by atoms with Gasteiger partial charge in [-0.2, -0.15) is 0 Å². The van der Waals surface area contributed by atoms with Crippen LogP contribution in [0.15, 0.2) is 71.9 Å². The molecule has 0 radical (unpaired) electrons. The zero-order valence-electron chi connectivity index (χ0n) is 15.0. The Morgan fingerprint density at radius 2 is 1.74 bits per heavy atom. The Balaban J connectivity index is 1.88. The molecular formula is C22H18N2O2S. The molecule has 0 unspecified atom stereocenters. The van der Waals surface area contributed by atoms with Crippen molar-refractivity contribution in [3.8, 4) is 16.8 Å². The molecule has 0 saturated heterocycles. The Bertz CT molecular complexity index is 1160. The number of carboxylic acid groups (broad SMARTS) is 1. The molecule has 1 aromatic heterocycles. The van der Waals surface area contributed by atoms with Gasteiger partial charge in [-0.25, -0.2) is 9.78 Å². The Kier molecular flexibility index (Phi) is 4.46. The standard InChI is InChI=1S/C22H18N2O2S/c1-14-13-15(24-20-10-6-5-9-19(20)23-22(24)27-2)11-12-16(14)17-7-3-4-8-18(17)21(25)26/h3-13H,1-2H3,(H,25,26). The predicted molar refractivity (Wildman–Crippen MR) is 110 cm³/mol. The van der Waals surface area contributed by atoms with Crippen LogP contribution >= 0.6 is 11.8 Å². The summed E-state index contributed by atoms with van der Waals surface area (Å²) < 4.78 is 2.14. The highest BCUT2D eigenvalue weighted by Crippen LogP contribution is 2.31. The third-order valence-electron chi connectivity index (χ3n) is 4.63. The Labute approximate surface area is 161 Å². The van der Waals surface area contributed by atoms with Crippen molar-refractivity contribution in [2.75, 3.05) is 6.26 Å². The van der Waals surface area contributed by atoms with Crippen LogP contribution in [0.5, 0.6) is 0 Å². The zero-order chi connectivity index (χ0) is 19.0. The maximum Gasteiger partial charge on any atom is 0.336 e. The summed E-state index contributed by atoms with van der Waals surface area (Å²) >= 11 is 1.60. The smallest absolute Gasteiger partial charge is 0.336 e. The number of benzene rings is 3. The zero-order valence-corrected chi connectivity index (χ0v) is 15.8. The minimum Gasteiger partial charge on any atom is -0.478 e. The van der Waals surface area contributed by atoms with E-state index in [1.54, 1.807) is 23.9 Å². The van der Waals surface area contributed by atoms with Crippen molar-refractivity contribution in [2.24, 2.45) is 0 Å². The van der Waals surface area contributed by atoms with Crippen molar-refractivity contribution < 1.29 is 9.90 Å². The number of hydrogen-bond acceptors (Lipinski definition) is 3. The lowest BCUT2D eigenvalue weighted by Crippen LogP contribution is -2.01. The normalized spacial score (nSPS) is 11.0. The van der Waals surface area contributed by atoms with Crippen LogP contribution in [0.4, 0.5) is 0 Å². The van der Waals surface area contributed by atoms with E-state index in [-0.39, 0.29) is 0 Å². The van der Waals surface area contributed by atoms with Crippen LogP contribution < -0.4 is 0 Å². The lowest BCUT2D eigenvalue weighted by atomic mass is 9.95. The van der Waals surface area contributed by atoms with E-state index in [9.17, 15) is 9.90 Å². The fourth-order valence-electron chi connectivity index (χ4n) is 3.38. The molecule has 0 aliphatic rings. The number of aryl methyl sites for hydroxylation is 1. The highest BCUT2D eigenvalue weighted by Gasteiger charge is 2.15. The number of imidazole rings is 1. The largest absolute Gasteiger partial charge is 0.478 e. The van der Waals surface area contributed by atoms with Crippen LogP contribution in [0, 0.1) is 6.92 Å². The van der Waals surface area contributed by atoms with E-state index in [2.05, 4.69) is 16.7 Å². The maximum atomic E-state index is 11.6. The van der Waals surface area contributed by atoms with Crippen molar-refractivity contribution in [1.82, 2.24) is 9.55 Å². The molecule has 0 amide bonds. The van der Waals surface area contributed by atoms with Gasteiger partial charge in [0.1, 0.15) is 0 Å². The number of thioether (sulfide) groups is 1. The summed E-state index contributed by atoms with van der Waals surface area (Å²) in [4.78, 5) is 16.3. The molecule has 27 heavy (non-hydrogen) atoms. The summed E-state index contributed by atoms with van der Waals surface area (Å²) in [6.45, 7) is 2.01. The average molecular weight is 374 g/mol. The second-order valence-corrected chi connectivity index (χ2v) is 7.05. The predicted octanol–water partition coefficient (Wildman–Crippen LogP) is 5.42. The molecule has 1 heterocycles. The van der Waals surface area contributed by atoms with Crippen LogP contribution in [0.2, 0.25) is 0 Å². The van der Waals surface area contributed by atoms with Gasteiger partial charge in [0.25, 0.3) is 0 Å². The summed E-state index contributed by atoms with van der Waals surface area (Å²) in [5.41, 5.74) is 6.01. The van der Waals surface area contributed by atoms with Gasteiger partial charge in [-0.1, -0.05) is 48.2 Å². The fraction of sp³-hybridized carbons (Fsp3) is 0.0909. The second-order valence-electron chi connectivity index (χ2n) is 6.27. The molecule has 134 valence electrons. The number of hydrogen-bond donors (Lipinski definition) is 1. The first-order chi connectivity index (χ1) is 13.1. The van der Waals surface area contributed by atoms with Crippen LogP contribution in [-0.4, -0.2) is 26.9 Å². The number of rotatable bonds is 4. The minimum absolute atomic E-state index is 0.311. The van der Waals surface area contributed by atoms with E-state index < -0.39 is 5.97 Å². The summed E-state index contributed by atoms with van der Waals surface area (Å²) in [6, 6.07) is 21.3. The van der Waals surface area contributed by atoms with E-state index in [4.69, 9.17) is 4.98 Å². The highest BCUT2D eigenvalue weighted by atomic mass is 32.2. The molecule has 0 aliphatic carbocycles. The maximum absolute atomic E-state index is 11.6. The van der Waals surface area contributed by atoms with E-state index in [1.807, 2.05) is 55.6 Å². The van der Waals surface area contributed by atoms with Gasteiger partial charge in [0.2, 0.25) is 0 Å². The van der Waals surface area contributed by atoms with E-state index in [1.165, 1.54) is 0 Å². The molecule has 4 rings (SSSR count). The lowest BCUT2D eigenvalue weighted by molar-refractivity contribution is 0.0697. The molecule has 0 fully saturated rings. The molecule has 0 atom stereocenters. The highest BCUT2D eigenvalue weighted by molar-refractivity contribution is 7.98. The number of fused-ring (bicyclic) bond motifs is 1. The molecule has 0 aliphatic heterocycles. The fourth-order valence-corrected chi connectivity index (χ4v) is 3.96. The first-order valence-corrected chi connectivity index (χ1v) is 9.78. The van der Waals surface area contributed by atoms with Crippen molar-refractivity contribution in [3.05, 3.63) is 77.9 Å². The van der Waals surface area contributed by atoms with Gasteiger partial charge in [-0.05, 0) is 60.2 Å². The van der Waals surface area contributed by atoms with E-state index >= 15 is 0 Å². The monoisotopic (exact) mass is 374 g/mol. The first-order valence-electron chi connectivity index (χ1n) is 8.55. The van der Waals surface area contributed by atoms with E-state index in [0.29, 0.717) is 5.56 Å². The molecule has 0 saturated carbocycles. The number of para-hydroxylation sites is 2. The quantitative estimate of drug-likeness (QED) is 0.485. The number of aromatic carboxylic acids is 1. The van der Waals surface area contributed by atoms with Gasteiger partial charge in [0, 0.05) is 5.69 Å². The van der Waals surface area contributed by atoms with Crippen molar-refractivity contribution in [3.63, 3.8) is 0 Å². The molecule has 0 bridgehead atoms. The summed E-state index contributed by atoms with van der Waals surface area (Å²) in [5, 5.41) is 10.4. The Morgan fingerprint density at radius 1 is 1.00 bits per heavy atom. The molecule has 0 spiro atoms. The van der Waals surface area contributed by atoms with Gasteiger partial charge >= 0.3 is 5.97 Å². The number of nitrogens with zero attached hydrogens (tertiary/aromatic N) is 2.